The van der Waals surface area contributed by atoms with Gasteiger partial charge in [-0.1, -0.05) is 0 Å². The van der Waals surface area contributed by atoms with Crippen molar-refractivity contribution in [2.75, 3.05) is 21.3 Å². The van der Waals surface area contributed by atoms with E-state index >= 15 is 0 Å². The van der Waals surface area contributed by atoms with Crippen molar-refractivity contribution in [3.8, 4) is 17.2 Å². The summed E-state index contributed by atoms with van der Waals surface area (Å²) < 4.78 is 15.9. The molecule has 0 radical (unpaired) electrons. The van der Waals surface area contributed by atoms with E-state index < -0.39 is 0 Å². The number of halogens is 1. The van der Waals surface area contributed by atoms with Gasteiger partial charge in [0, 0.05) is 6.04 Å². The van der Waals surface area contributed by atoms with Gasteiger partial charge in [-0.25, -0.2) is 4.99 Å². The third-order valence-electron chi connectivity index (χ3n) is 3.09. The summed E-state index contributed by atoms with van der Waals surface area (Å²) in [5.41, 5.74) is 6.76. The van der Waals surface area contributed by atoms with Gasteiger partial charge < -0.3 is 25.3 Å². The van der Waals surface area contributed by atoms with E-state index in [0.29, 0.717) is 35.8 Å². The maximum Gasteiger partial charge on any atom is 0.203 e. The fourth-order valence-corrected chi connectivity index (χ4v) is 1.89. The molecule has 1 aliphatic carbocycles. The Balaban J connectivity index is 0.00000220. The van der Waals surface area contributed by atoms with Crippen LogP contribution in [0.3, 0.4) is 0 Å². The molecule has 0 unspecified atom stereocenters. The third kappa shape index (κ3) is 4.83. The van der Waals surface area contributed by atoms with Crippen molar-refractivity contribution < 1.29 is 14.2 Å². The molecule has 0 atom stereocenters. The molecule has 1 aromatic rings. The molecule has 1 aliphatic rings. The van der Waals surface area contributed by atoms with Gasteiger partial charge in [0.05, 0.1) is 27.9 Å². The average Bonchev–Trinajstić information content (AvgIpc) is 3.27. The van der Waals surface area contributed by atoms with Crippen LogP contribution in [0.5, 0.6) is 17.2 Å². The summed E-state index contributed by atoms with van der Waals surface area (Å²) in [4.78, 5) is 4.31. The lowest BCUT2D eigenvalue weighted by Gasteiger charge is -2.13. The Morgan fingerprint density at radius 3 is 2.19 bits per heavy atom. The Morgan fingerprint density at radius 1 is 1.19 bits per heavy atom. The molecule has 7 heteroatoms. The van der Waals surface area contributed by atoms with Gasteiger partial charge >= 0.3 is 0 Å². The molecule has 6 nitrogen and oxygen atoms in total. The van der Waals surface area contributed by atoms with E-state index in [0.717, 1.165) is 5.56 Å². The first-order valence-electron chi connectivity index (χ1n) is 6.53. The summed E-state index contributed by atoms with van der Waals surface area (Å²) in [5.74, 6) is 2.28. The second-order valence-electron chi connectivity index (χ2n) is 4.65. The van der Waals surface area contributed by atoms with Crippen molar-refractivity contribution in [2.24, 2.45) is 10.7 Å². The van der Waals surface area contributed by atoms with Crippen molar-refractivity contribution in [1.82, 2.24) is 5.32 Å². The molecule has 1 fully saturated rings. The molecule has 1 saturated carbocycles. The van der Waals surface area contributed by atoms with Crippen LogP contribution in [0, 0.1) is 0 Å². The highest BCUT2D eigenvalue weighted by atomic mass is 127. The number of methoxy groups -OCH3 is 3. The highest BCUT2D eigenvalue weighted by Crippen LogP contribution is 2.38. The first-order valence-corrected chi connectivity index (χ1v) is 6.53. The minimum atomic E-state index is 0. The normalized spacial score (nSPS) is 14.1. The lowest BCUT2D eigenvalue weighted by atomic mass is 10.2. The molecule has 1 aromatic carbocycles. The summed E-state index contributed by atoms with van der Waals surface area (Å²) in [6.07, 6.45) is 2.33. The summed E-state index contributed by atoms with van der Waals surface area (Å²) >= 11 is 0. The number of hydrogen-bond acceptors (Lipinski definition) is 4. The topological polar surface area (TPSA) is 78.1 Å². The number of nitrogens with one attached hydrogen (secondary N) is 1. The van der Waals surface area contributed by atoms with E-state index in [1.54, 1.807) is 21.3 Å². The summed E-state index contributed by atoms with van der Waals surface area (Å²) in [6, 6.07) is 4.24. The van der Waals surface area contributed by atoms with Crippen molar-refractivity contribution in [2.45, 2.75) is 25.4 Å². The average molecular weight is 407 g/mol. The smallest absolute Gasteiger partial charge is 0.203 e. The van der Waals surface area contributed by atoms with Crippen LogP contribution in [0.4, 0.5) is 0 Å². The molecule has 0 heterocycles. The number of rotatable bonds is 6. The Morgan fingerprint density at radius 2 is 1.76 bits per heavy atom. The monoisotopic (exact) mass is 407 g/mol. The number of aliphatic imine (C=N–C) groups is 1. The number of guanidine groups is 1. The SMILES string of the molecule is COc1cc(CN=C(N)NC2CC2)cc(OC)c1OC.I. The zero-order chi connectivity index (χ0) is 14.5. The molecule has 21 heavy (non-hydrogen) atoms. The number of benzene rings is 1. The van der Waals surface area contributed by atoms with Gasteiger partial charge in [0.15, 0.2) is 17.5 Å². The van der Waals surface area contributed by atoms with Crippen LogP contribution < -0.4 is 25.3 Å². The van der Waals surface area contributed by atoms with Gasteiger partial charge in [0.1, 0.15) is 0 Å². The van der Waals surface area contributed by atoms with Crippen LogP contribution in [0.25, 0.3) is 0 Å². The third-order valence-corrected chi connectivity index (χ3v) is 3.09. The van der Waals surface area contributed by atoms with Crippen molar-refractivity contribution in [3.63, 3.8) is 0 Å². The first-order chi connectivity index (χ1) is 9.67. The van der Waals surface area contributed by atoms with E-state index in [9.17, 15) is 0 Å². The number of ether oxygens (including phenoxy) is 3. The number of nitrogens with two attached hydrogens (primary N) is 1. The Hall–Kier alpha value is -1.38. The molecular formula is C14H22IN3O3. The van der Waals surface area contributed by atoms with E-state index in [4.69, 9.17) is 19.9 Å². The van der Waals surface area contributed by atoms with E-state index in [2.05, 4.69) is 10.3 Å². The van der Waals surface area contributed by atoms with Crippen LogP contribution >= 0.6 is 24.0 Å². The van der Waals surface area contributed by atoms with Crippen LogP contribution in [0.2, 0.25) is 0 Å². The van der Waals surface area contributed by atoms with Gasteiger partial charge in [-0.2, -0.15) is 0 Å². The minimum Gasteiger partial charge on any atom is -0.493 e. The Bertz CT molecular complexity index is 479. The Labute approximate surface area is 142 Å². The summed E-state index contributed by atoms with van der Waals surface area (Å²) in [5, 5.41) is 3.14. The van der Waals surface area contributed by atoms with E-state index in [1.807, 2.05) is 12.1 Å². The maximum atomic E-state index is 5.81. The van der Waals surface area contributed by atoms with Gasteiger partial charge in [0.25, 0.3) is 0 Å². The Kier molecular flexibility index (Phi) is 6.86. The van der Waals surface area contributed by atoms with Crippen molar-refractivity contribution in [1.29, 1.82) is 0 Å². The standard InChI is InChI=1S/C14H21N3O3.HI/c1-18-11-6-9(7-12(19-2)13(11)20-3)8-16-14(15)17-10-4-5-10;/h6-7,10H,4-5,8H2,1-3H3,(H3,15,16,17);1H. The van der Waals surface area contributed by atoms with E-state index in [-0.39, 0.29) is 24.0 Å². The first kappa shape index (κ1) is 17.7. The van der Waals surface area contributed by atoms with Crippen molar-refractivity contribution in [3.05, 3.63) is 17.7 Å². The molecule has 118 valence electrons. The second-order valence-corrected chi connectivity index (χ2v) is 4.65. The van der Waals surface area contributed by atoms with Crippen LogP contribution in [0.15, 0.2) is 17.1 Å². The molecule has 0 spiro atoms. The van der Waals surface area contributed by atoms with E-state index in [1.165, 1.54) is 12.8 Å². The molecule has 0 bridgehead atoms. The molecule has 0 saturated heterocycles. The van der Waals surface area contributed by atoms with Gasteiger partial charge in [-0.05, 0) is 30.5 Å². The van der Waals surface area contributed by atoms with Gasteiger partial charge in [-0.15, -0.1) is 24.0 Å². The molecular weight excluding hydrogens is 385 g/mol. The predicted octanol–water partition coefficient (Wildman–Crippen LogP) is 1.90. The largest absolute Gasteiger partial charge is 0.493 e. The molecule has 0 aliphatic heterocycles. The summed E-state index contributed by atoms with van der Waals surface area (Å²) in [7, 11) is 4.76. The highest BCUT2D eigenvalue weighted by Gasteiger charge is 2.21. The highest BCUT2D eigenvalue weighted by molar-refractivity contribution is 14.0. The summed E-state index contributed by atoms with van der Waals surface area (Å²) in [6.45, 7) is 0.461. The quantitative estimate of drug-likeness (QED) is 0.428. The lowest BCUT2D eigenvalue weighted by Crippen LogP contribution is -2.33. The second kappa shape index (κ2) is 8.16. The minimum absolute atomic E-state index is 0. The van der Waals surface area contributed by atoms with Crippen molar-refractivity contribution >= 4 is 29.9 Å². The zero-order valence-electron chi connectivity index (χ0n) is 12.5. The van der Waals surface area contributed by atoms with Crippen LogP contribution in [-0.4, -0.2) is 33.3 Å². The number of hydrogen-bond donors (Lipinski definition) is 2. The fourth-order valence-electron chi connectivity index (χ4n) is 1.89. The molecule has 3 N–H and O–H groups in total. The number of nitrogens with zero attached hydrogens (tertiary/aromatic N) is 1. The predicted molar refractivity (Wildman–Crippen MR) is 93.0 cm³/mol. The van der Waals surface area contributed by atoms with Crippen LogP contribution in [0.1, 0.15) is 18.4 Å². The van der Waals surface area contributed by atoms with Crippen LogP contribution in [-0.2, 0) is 6.54 Å². The fraction of sp³-hybridized carbons (Fsp3) is 0.500. The molecule has 0 amide bonds. The molecule has 0 aromatic heterocycles. The lowest BCUT2D eigenvalue weighted by molar-refractivity contribution is 0.324. The zero-order valence-corrected chi connectivity index (χ0v) is 14.8. The van der Waals surface area contributed by atoms with Gasteiger partial charge in [0.2, 0.25) is 5.75 Å². The maximum absolute atomic E-state index is 5.81. The van der Waals surface area contributed by atoms with Gasteiger partial charge in [-0.3, -0.25) is 0 Å². The molecule has 2 rings (SSSR count).